The molecule has 2 heterocycles. The number of hydrogen-bond acceptors (Lipinski definition) is 4. The summed E-state index contributed by atoms with van der Waals surface area (Å²) in [5.74, 6) is -0.355. The summed E-state index contributed by atoms with van der Waals surface area (Å²) in [6, 6.07) is 1.70. The third kappa shape index (κ3) is 3.30. The molecule has 4 nitrogen and oxygen atoms in total. The van der Waals surface area contributed by atoms with E-state index in [1.165, 1.54) is 11.8 Å². The van der Waals surface area contributed by atoms with Crippen LogP contribution < -0.4 is 4.90 Å². The van der Waals surface area contributed by atoms with Gasteiger partial charge in [0, 0.05) is 31.3 Å². The molecule has 1 amide bonds. The lowest BCUT2D eigenvalue weighted by atomic mass is 10.2. The van der Waals surface area contributed by atoms with Crippen LogP contribution in [0.4, 0.5) is 19.0 Å². The van der Waals surface area contributed by atoms with Crippen molar-refractivity contribution in [2.75, 3.05) is 11.4 Å². The molecule has 0 saturated carbocycles. The number of anilines is 1. The first-order valence-corrected chi connectivity index (χ1v) is 6.66. The zero-order valence-electron chi connectivity index (χ0n) is 10.5. The van der Waals surface area contributed by atoms with Crippen molar-refractivity contribution >= 4 is 28.6 Å². The maximum Gasteiger partial charge on any atom is 0.416 e. The Balaban J connectivity index is 2.20. The van der Waals surface area contributed by atoms with E-state index in [1.54, 1.807) is 0 Å². The lowest BCUT2D eigenvalue weighted by molar-refractivity contribution is -0.137. The van der Waals surface area contributed by atoms with Crippen LogP contribution in [0.2, 0.25) is 0 Å². The second-order valence-electron chi connectivity index (χ2n) is 4.34. The topological polar surface area (TPSA) is 50.3 Å². The number of halogens is 3. The third-order valence-corrected chi connectivity index (χ3v) is 3.75. The van der Waals surface area contributed by atoms with Crippen LogP contribution in [0.15, 0.2) is 18.3 Å². The van der Waals surface area contributed by atoms with Crippen LogP contribution in [0.25, 0.3) is 0 Å². The molecule has 0 bridgehead atoms. The minimum atomic E-state index is -4.48. The van der Waals surface area contributed by atoms with Crippen molar-refractivity contribution in [3.63, 3.8) is 0 Å². The summed E-state index contributed by atoms with van der Waals surface area (Å²) in [6.45, 7) is 1.58. The zero-order chi connectivity index (χ0) is 14.9. The maximum absolute atomic E-state index is 12.6. The highest BCUT2D eigenvalue weighted by atomic mass is 32.2. The van der Waals surface area contributed by atoms with Gasteiger partial charge in [-0.1, -0.05) is 11.8 Å². The molecular weight excluding hydrogens is 293 g/mol. The van der Waals surface area contributed by atoms with E-state index in [9.17, 15) is 22.8 Å². The molecule has 0 spiro atoms. The highest BCUT2D eigenvalue weighted by molar-refractivity contribution is 8.14. The van der Waals surface area contributed by atoms with Crippen LogP contribution in [0.3, 0.4) is 0 Å². The lowest BCUT2D eigenvalue weighted by Gasteiger charge is -2.16. The molecule has 0 radical (unpaired) electrons. The fourth-order valence-corrected chi connectivity index (χ4v) is 2.87. The van der Waals surface area contributed by atoms with E-state index in [0.717, 1.165) is 30.1 Å². The summed E-state index contributed by atoms with van der Waals surface area (Å²) >= 11 is 1.02. The molecule has 108 valence electrons. The second-order valence-corrected chi connectivity index (χ2v) is 5.82. The van der Waals surface area contributed by atoms with Crippen molar-refractivity contribution in [3.8, 4) is 0 Å². The van der Waals surface area contributed by atoms with Gasteiger partial charge in [0.2, 0.25) is 5.91 Å². The molecule has 20 heavy (non-hydrogen) atoms. The van der Waals surface area contributed by atoms with Crippen LogP contribution in [0, 0.1) is 0 Å². The van der Waals surface area contributed by atoms with Crippen molar-refractivity contribution < 1.29 is 22.8 Å². The van der Waals surface area contributed by atoms with Gasteiger partial charge in [0.1, 0.15) is 5.82 Å². The van der Waals surface area contributed by atoms with Crippen molar-refractivity contribution in [1.29, 1.82) is 0 Å². The number of carbonyl (C=O) groups excluding carboxylic acids is 2. The van der Waals surface area contributed by atoms with Crippen molar-refractivity contribution in [2.45, 2.75) is 24.8 Å². The van der Waals surface area contributed by atoms with E-state index in [1.807, 2.05) is 0 Å². The van der Waals surface area contributed by atoms with Gasteiger partial charge in [-0.2, -0.15) is 13.2 Å². The largest absolute Gasteiger partial charge is 0.416 e. The van der Waals surface area contributed by atoms with E-state index in [-0.39, 0.29) is 35.1 Å². The Morgan fingerprint density at radius 1 is 1.50 bits per heavy atom. The number of aromatic nitrogens is 1. The summed E-state index contributed by atoms with van der Waals surface area (Å²) in [6.07, 6.45) is -3.33. The summed E-state index contributed by atoms with van der Waals surface area (Å²) in [5, 5.41) is -0.363. The monoisotopic (exact) mass is 304 g/mol. The first kappa shape index (κ1) is 14.8. The Hall–Kier alpha value is -1.57. The molecular formula is C12H11F3N2O2S. The van der Waals surface area contributed by atoms with Crippen LogP contribution >= 0.6 is 11.8 Å². The molecule has 1 aliphatic heterocycles. The standard InChI is InChI=1S/C12H11F3N2O2S/c1-7(18)20-9-5-11(19)17(6-9)10-4-8(2-3-16-10)12(13,14)15/h2-4,9H,5-6H2,1H3. The van der Waals surface area contributed by atoms with E-state index in [0.29, 0.717) is 0 Å². The van der Waals surface area contributed by atoms with Crippen LogP contribution in [0.1, 0.15) is 18.9 Å². The second kappa shape index (κ2) is 5.43. The van der Waals surface area contributed by atoms with Gasteiger partial charge >= 0.3 is 6.18 Å². The number of nitrogens with zero attached hydrogens (tertiary/aromatic N) is 2. The molecule has 0 N–H and O–H groups in total. The number of amides is 1. The van der Waals surface area contributed by atoms with Crippen LogP contribution in [-0.2, 0) is 15.8 Å². The van der Waals surface area contributed by atoms with Crippen LogP contribution in [-0.4, -0.2) is 27.8 Å². The van der Waals surface area contributed by atoms with Crippen LogP contribution in [0.5, 0.6) is 0 Å². The van der Waals surface area contributed by atoms with E-state index in [4.69, 9.17) is 0 Å². The zero-order valence-corrected chi connectivity index (χ0v) is 11.3. The molecule has 1 aliphatic rings. The van der Waals surface area contributed by atoms with Gasteiger partial charge in [-0.25, -0.2) is 4.98 Å². The van der Waals surface area contributed by atoms with Gasteiger partial charge in [0.25, 0.3) is 0 Å². The molecule has 1 fully saturated rings. The third-order valence-electron chi connectivity index (χ3n) is 2.77. The van der Waals surface area contributed by atoms with Gasteiger partial charge in [-0.15, -0.1) is 0 Å². The van der Waals surface area contributed by atoms with Gasteiger partial charge in [-0.05, 0) is 12.1 Å². The molecule has 1 unspecified atom stereocenters. The Bertz CT molecular complexity index is 548. The predicted molar refractivity (Wildman–Crippen MR) is 68.3 cm³/mol. The first-order valence-electron chi connectivity index (χ1n) is 5.78. The minimum Gasteiger partial charge on any atom is -0.296 e. The molecule has 2 rings (SSSR count). The van der Waals surface area contributed by atoms with E-state index in [2.05, 4.69) is 4.98 Å². The van der Waals surface area contributed by atoms with Gasteiger partial charge in [-0.3, -0.25) is 14.5 Å². The quantitative estimate of drug-likeness (QED) is 0.842. The first-order chi connectivity index (χ1) is 9.27. The van der Waals surface area contributed by atoms with Crippen molar-refractivity contribution in [1.82, 2.24) is 4.98 Å². The van der Waals surface area contributed by atoms with Gasteiger partial charge < -0.3 is 0 Å². The fraction of sp³-hybridized carbons (Fsp3) is 0.417. The predicted octanol–water partition coefficient (Wildman–Crippen LogP) is 2.49. The number of carbonyl (C=O) groups is 2. The molecule has 1 atom stereocenters. The Morgan fingerprint density at radius 3 is 2.80 bits per heavy atom. The van der Waals surface area contributed by atoms with Crippen molar-refractivity contribution in [2.24, 2.45) is 0 Å². The summed E-state index contributed by atoms with van der Waals surface area (Å²) < 4.78 is 37.9. The molecule has 1 saturated heterocycles. The average Bonchev–Trinajstić information content (AvgIpc) is 2.68. The average molecular weight is 304 g/mol. The Morgan fingerprint density at radius 2 is 2.20 bits per heavy atom. The molecule has 1 aromatic rings. The molecule has 8 heteroatoms. The normalized spacial score (nSPS) is 19.5. The molecule has 0 aromatic carbocycles. The fourth-order valence-electron chi connectivity index (χ4n) is 1.95. The van der Waals surface area contributed by atoms with Gasteiger partial charge in [0.05, 0.1) is 5.56 Å². The van der Waals surface area contributed by atoms with Crippen molar-refractivity contribution in [3.05, 3.63) is 23.9 Å². The SMILES string of the molecule is CC(=O)SC1CC(=O)N(c2cc(C(F)(F)F)ccn2)C1. The van der Waals surface area contributed by atoms with E-state index < -0.39 is 11.7 Å². The van der Waals surface area contributed by atoms with Gasteiger partial charge in [0.15, 0.2) is 5.12 Å². The number of pyridine rings is 1. The number of alkyl halides is 3. The molecule has 1 aromatic heterocycles. The minimum absolute atomic E-state index is 0.0310. The maximum atomic E-state index is 12.6. The molecule has 0 aliphatic carbocycles. The number of hydrogen-bond donors (Lipinski definition) is 0. The summed E-state index contributed by atoms with van der Waals surface area (Å²) in [4.78, 5) is 27.8. The highest BCUT2D eigenvalue weighted by Gasteiger charge is 2.35. The summed E-state index contributed by atoms with van der Waals surface area (Å²) in [5.41, 5.74) is -0.849. The Labute approximate surface area is 117 Å². The lowest BCUT2D eigenvalue weighted by Crippen LogP contribution is -2.26. The van der Waals surface area contributed by atoms with E-state index >= 15 is 0 Å². The number of rotatable bonds is 2. The highest BCUT2D eigenvalue weighted by Crippen LogP contribution is 2.33. The summed E-state index contributed by atoms with van der Waals surface area (Å²) in [7, 11) is 0. The Kier molecular flexibility index (Phi) is 4.03. The smallest absolute Gasteiger partial charge is 0.296 e. The number of thioether (sulfide) groups is 1.